The van der Waals surface area contributed by atoms with Crippen LogP contribution < -0.4 is 4.74 Å². The summed E-state index contributed by atoms with van der Waals surface area (Å²) in [5.74, 6) is -0.144. The van der Waals surface area contributed by atoms with E-state index in [-0.39, 0.29) is 11.9 Å². The molecule has 6 heteroatoms. The number of Topliss-reactive ketones (excluding diaryl/α,β-unsaturated/α-hetero) is 1. The van der Waals surface area contributed by atoms with Gasteiger partial charge < -0.3 is 4.74 Å². The largest absolute Gasteiger partial charge is 0.492 e. The molecule has 1 rings (SSSR count). The van der Waals surface area contributed by atoms with E-state index >= 15 is 0 Å². The van der Waals surface area contributed by atoms with Crippen LogP contribution in [-0.4, -0.2) is 31.1 Å². The second-order valence-corrected chi connectivity index (χ2v) is 4.84. The number of ketones is 1. The maximum Gasteiger partial charge on any atom is 0.158 e. The van der Waals surface area contributed by atoms with Crippen molar-refractivity contribution in [3.63, 3.8) is 0 Å². The van der Waals surface area contributed by atoms with Gasteiger partial charge in [0.05, 0.1) is 5.33 Å². The predicted octanol–water partition coefficient (Wildman–Crippen LogP) is 3.61. The third-order valence-corrected chi connectivity index (χ3v) is 3.31. The maximum atomic E-state index is 12.9. The lowest BCUT2D eigenvalue weighted by Gasteiger charge is -2.25. The highest BCUT2D eigenvalue weighted by Crippen LogP contribution is 2.24. The van der Waals surface area contributed by atoms with Gasteiger partial charge in [-0.25, -0.2) is 8.78 Å². The van der Waals surface area contributed by atoms with Gasteiger partial charge in [-0.15, -0.1) is 0 Å². The fraction of sp³-hybridized carbons (Fsp3) is 0.417. The molecule has 0 N–H and O–H groups in total. The van der Waals surface area contributed by atoms with Gasteiger partial charge >= 0.3 is 0 Å². The van der Waals surface area contributed by atoms with Crippen LogP contribution in [0.5, 0.6) is 5.75 Å². The molecule has 2 nitrogen and oxygen atoms in total. The lowest BCUT2D eigenvalue weighted by atomic mass is 9.88. The summed E-state index contributed by atoms with van der Waals surface area (Å²) in [4.78, 5) is 11.5. The van der Waals surface area contributed by atoms with Crippen LogP contribution in [-0.2, 0) is 4.79 Å². The van der Waals surface area contributed by atoms with E-state index in [1.807, 2.05) is 0 Å². The zero-order valence-electron chi connectivity index (χ0n) is 9.47. The second kappa shape index (κ2) is 7.04. The third-order valence-electron chi connectivity index (χ3n) is 2.55. The Morgan fingerprint density at radius 1 is 1.28 bits per heavy atom. The first kappa shape index (κ1) is 15.4. The molecular weight excluding hydrogens is 329 g/mol. The van der Waals surface area contributed by atoms with E-state index in [0.717, 1.165) is 0 Å². The van der Waals surface area contributed by atoms with Crippen molar-refractivity contribution in [1.82, 2.24) is 0 Å². The normalized spacial score (nSPS) is 11.3. The molecule has 0 amide bonds. The SMILES string of the molecule is O=C(CBr)C(CF)(CF)COc1ccc(Cl)cc1. The summed E-state index contributed by atoms with van der Waals surface area (Å²) in [6.07, 6.45) is 0. The molecule has 0 unspecified atom stereocenters. The van der Waals surface area contributed by atoms with Crippen LogP contribution in [0.25, 0.3) is 0 Å². The van der Waals surface area contributed by atoms with Crippen LogP contribution in [0.4, 0.5) is 8.78 Å². The molecule has 0 bridgehead atoms. The Balaban J connectivity index is 2.73. The van der Waals surface area contributed by atoms with Gasteiger partial charge in [-0.05, 0) is 24.3 Å². The molecule has 0 radical (unpaired) electrons. The minimum atomic E-state index is -1.73. The summed E-state index contributed by atoms with van der Waals surface area (Å²) in [6.45, 7) is -2.53. The number of alkyl halides is 3. The standard InChI is InChI=1S/C12H12BrClF2O2/c13-5-11(17)12(6-15,7-16)8-18-10-3-1-9(14)2-4-10/h1-4H,5-8H2. The molecule has 0 aliphatic heterocycles. The van der Waals surface area contributed by atoms with Gasteiger partial charge in [-0.2, -0.15) is 0 Å². The molecule has 0 atom stereocenters. The van der Waals surface area contributed by atoms with Gasteiger partial charge in [0.25, 0.3) is 0 Å². The zero-order valence-corrected chi connectivity index (χ0v) is 11.8. The van der Waals surface area contributed by atoms with E-state index in [4.69, 9.17) is 16.3 Å². The molecule has 0 heterocycles. The van der Waals surface area contributed by atoms with E-state index in [9.17, 15) is 13.6 Å². The molecular formula is C12H12BrClF2O2. The fourth-order valence-electron chi connectivity index (χ4n) is 1.24. The van der Waals surface area contributed by atoms with Crippen LogP contribution in [0.1, 0.15) is 0 Å². The maximum absolute atomic E-state index is 12.9. The van der Waals surface area contributed by atoms with Crippen molar-refractivity contribution in [1.29, 1.82) is 0 Å². The molecule has 1 aromatic carbocycles. The highest BCUT2D eigenvalue weighted by atomic mass is 79.9. The van der Waals surface area contributed by atoms with Crippen molar-refractivity contribution in [3.8, 4) is 5.75 Å². The average molecular weight is 342 g/mol. The van der Waals surface area contributed by atoms with Crippen molar-refractivity contribution >= 4 is 33.3 Å². The van der Waals surface area contributed by atoms with E-state index < -0.39 is 24.5 Å². The van der Waals surface area contributed by atoms with Crippen molar-refractivity contribution in [2.24, 2.45) is 5.41 Å². The van der Waals surface area contributed by atoms with Crippen LogP contribution in [0, 0.1) is 5.41 Å². The van der Waals surface area contributed by atoms with Gasteiger partial charge in [0, 0.05) is 5.02 Å². The summed E-state index contributed by atoms with van der Waals surface area (Å²) < 4.78 is 31.1. The number of hydrogen-bond acceptors (Lipinski definition) is 2. The Bertz CT molecular complexity index is 394. The predicted molar refractivity (Wildman–Crippen MR) is 70.1 cm³/mol. The number of hydrogen-bond donors (Lipinski definition) is 0. The average Bonchev–Trinajstić information content (AvgIpc) is 2.42. The summed E-state index contributed by atoms with van der Waals surface area (Å²) in [7, 11) is 0. The van der Waals surface area contributed by atoms with Gasteiger partial charge in [0.15, 0.2) is 5.78 Å². The quantitative estimate of drug-likeness (QED) is 0.708. The zero-order chi connectivity index (χ0) is 13.6. The topological polar surface area (TPSA) is 26.3 Å². The van der Waals surface area contributed by atoms with Crippen LogP contribution in [0.3, 0.4) is 0 Å². The highest BCUT2D eigenvalue weighted by molar-refractivity contribution is 9.09. The van der Waals surface area contributed by atoms with Gasteiger partial charge in [-0.3, -0.25) is 4.79 Å². The van der Waals surface area contributed by atoms with E-state index in [1.54, 1.807) is 24.3 Å². The van der Waals surface area contributed by atoms with Crippen LogP contribution in [0.15, 0.2) is 24.3 Å². The van der Waals surface area contributed by atoms with E-state index in [2.05, 4.69) is 15.9 Å². The highest BCUT2D eigenvalue weighted by Gasteiger charge is 2.39. The minimum absolute atomic E-state index is 0.106. The van der Waals surface area contributed by atoms with E-state index in [1.165, 1.54) is 0 Å². The van der Waals surface area contributed by atoms with Gasteiger partial charge in [0.1, 0.15) is 31.1 Å². The van der Waals surface area contributed by atoms with Crippen molar-refractivity contribution in [3.05, 3.63) is 29.3 Å². The summed E-state index contributed by atoms with van der Waals surface area (Å²) in [6, 6.07) is 6.33. The Kier molecular flexibility index (Phi) is 6.02. The number of ether oxygens (including phenoxy) is 1. The number of rotatable bonds is 7. The number of carbonyl (C=O) groups is 1. The molecule has 0 aliphatic carbocycles. The van der Waals surface area contributed by atoms with E-state index in [0.29, 0.717) is 10.8 Å². The van der Waals surface area contributed by atoms with Crippen LogP contribution in [0.2, 0.25) is 5.02 Å². The first-order valence-corrected chi connectivity index (χ1v) is 6.67. The first-order chi connectivity index (χ1) is 8.57. The molecule has 0 fully saturated rings. The summed E-state index contributed by atoms with van der Waals surface area (Å²) >= 11 is 8.61. The Hall–Kier alpha value is -0.680. The second-order valence-electron chi connectivity index (χ2n) is 3.85. The smallest absolute Gasteiger partial charge is 0.158 e. The molecule has 100 valence electrons. The summed E-state index contributed by atoms with van der Waals surface area (Å²) in [5.41, 5.74) is -1.73. The molecule has 0 aliphatic rings. The monoisotopic (exact) mass is 340 g/mol. The minimum Gasteiger partial charge on any atom is -0.492 e. The Morgan fingerprint density at radius 3 is 2.28 bits per heavy atom. The molecule has 0 saturated heterocycles. The van der Waals surface area contributed by atoms with Gasteiger partial charge in [-0.1, -0.05) is 27.5 Å². The number of benzene rings is 1. The van der Waals surface area contributed by atoms with Crippen molar-refractivity contribution < 1.29 is 18.3 Å². The van der Waals surface area contributed by atoms with Crippen molar-refractivity contribution in [2.45, 2.75) is 0 Å². The van der Waals surface area contributed by atoms with Crippen LogP contribution >= 0.6 is 27.5 Å². The molecule has 1 aromatic rings. The third kappa shape index (κ3) is 3.65. The molecule has 0 spiro atoms. The lowest BCUT2D eigenvalue weighted by molar-refractivity contribution is -0.130. The molecule has 0 aromatic heterocycles. The first-order valence-electron chi connectivity index (χ1n) is 5.17. The molecule has 18 heavy (non-hydrogen) atoms. The van der Waals surface area contributed by atoms with Crippen molar-refractivity contribution in [2.75, 3.05) is 25.3 Å². The van der Waals surface area contributed by atoms with Gasteiger partial charge in [0.2, 0.25) is 0 Å². The number of halogens is 4. The summed E-state index contributed by atoms with van der Waals surface area (Å²) in [5, 5.41) is 0.422. The number of carbonyl (C=O) groups excluding carboxylic acids is 1. The molecule has 0 saturated carbocycles. The Labute approximate surface area is 117 Å². The Morgan fingerprint density at radius 2 is 1.83 bits per heavy atom. The lowest BCUT2D eigenvalue weighted by Crippen LogP contribution is -2.42. The fourth-order valence-corrected chi connectivity index (χ4v) is 1.96.